The van der Waals surface area contributed by atoms with E-state index in [-0.39, 0.29) is 11.6 Å². The van der Waals surface area contributed by atoms with Crippen molar-refractivity contribution in [2.45, 2.75) is 64.6 Å². The molecular weight excluding hydrogens is 192 g/mol. The number of epoxide rings is 1. The summed E-state index contributed by atoms with van der Waals surface area (Å²) in [7, 11) is 0. The lowest BCUT2D eigenvalue weighted by Crippen LogP contribution is -2.33. The number of hydrogen-bond acceptors (Lipinski definition) is 3. The van der Waals surface area contributed by atoms with Crippen molar-refractivity contribution in [2.24, 2.45) is 0 Å². The van der Waals surface area contributed by atoms with Gasteiger partial charge in [0, 0.05) is 0 Å². The summed E-state index contributed by atoms with van der Waals surface area (Å²) >= 11 is 0. The molecule has 1 saturated heterocycles. The van der Waals surface area contributed by atoms with E-state index in [0.29, 0.717) is 6.61 Å². The highest BCUT2D eigenvalue weighted by Crippen LogP contribution is 2.53. The Bertz CT molecular complexity index is 239. The Labute approximate surface area is 92.1 Å². The van der Waals surface area contributed by atoms with Gasteiger partial charge in [0.15, 0.2) is 5.60 Å². The molecule has 0 amide bonds. The molecule has 88 valence electrons. The van der Waals surface area contributed by atoms with Crippen molar-refractivity contribution in [3.8, 4) is 0 Å². The highest BCUT2D eigenvalue weighted by molar-refractivity contribution is 5.84. The molecule has 2 unspecified atom stereocenters. The molecule has 1 fully saturated rings. The molecule has 0 radical (unpaired) electrons. The van der Waals surface area contributed by atoms with Gasteiger partial charge in [-0.2, -0.15) is 0 Å². The van der Waals surface area contributed by atoms with Crippen LogP contribution in [-0.2, 0) is 14.3 Å². The number of esters is 1. The summed E-state index contributed by atoms with van der Waals surface area (Å²) < 4.78 is 10.8. The number of carbonyl (C=O) groups is 1. The van der Waals surface area contributed by atoms with Crippen LogP contribution in [0.1, 0.15) is 53.4 Å². The van der Waals surface area contributed by atoms with Gasteiger partial charge in [0.2, 0.25) is 0 Å². The quantitative estimate of drug-likeness (QED) is 0.504. The van der Waals surface area contributed by atoms with Gasteiger partial charge in [-0.05, 0) is 26.2 Å². The van der Waals surface area contributed by atoms with Crippen LogP contribution in [0.2, 0.25) is 0 Å². The fourth-order valence-corrected chi connectivity index (χ4v) is 2.21. The van der Waals surface area contributed by atoms with Crippen molar-refractivity contribution in [1.29, 1.82) is 0 Å². The molecule has 0 saturated carbocycles. The van der Waals surface area contributed by atoms with Crippen molar-refractivity contribution in [1.82, 2.24) is 0 Å². The lowest BCUT2D eigenvalue weighted by atomic mass is 9.88. The first-order valence-electron chi connectivity index (χ1n) is 5.93. The molecule has 0 N–H and O–H groups in total. The summed E-state index contributed by atoms with van der Waals surface area (Å²) in [6, 6.07) is 0. The third-order valence-corrected chi connectivity index (χ3v) is 3.28. The molecule has 0 aromatic rings. The van der Waals surface area contributed by atoms with Crippen molar-refractivity contribution >= 4 is 5.97 Å². The first-order chi connectivity index (χ1) is 7.06. The Morgan fingerprint density at radius 2 is 1.93 bits per heavy atom. The van der Waals surface area contributed by atoms with Gasteiger partial charge in [-0.25, -0.2) is 4.79 Å². The van der Waals surface area contributed by atoms with Crippen molar-refractivity contribution in [3.05, 3.63) is 0 Å². The van der Waals surface area contributed by atoms with Gasteiger partial charge in [-0.15, -0.1) is 0 Å². The summed E-state index contributed by atoms with van der Waals surface area (Å²) in [6.07, 6.45) is 3.69. The van der Waals surface area contributed by atoms with Gasteiger partial charge >= 0.3 is 5.97 Å². The van der Waals surface area contributed by atoms with Crippen molar-refractivity contribution in [3.63, 3.8) is 0 Å². The molecule has 15 heavy (non-hydrogen) atoms. The van der Waals surface area contributed by atoms with Crippen LogP contribution in [0.5, 0.6) is 0 Å². The Hall–Kier alpha value is -0.570. The maximum atomic E-state index is 11.8. The summed E-state index contributed by atoms with van der Waals surface area (Å²) in [4.78, 5) is 11.8. The van der Waals surface area contributed by atoms with E-state index in [2.05, 4.69) is 13.8 Å². The predicted octanol–water partition coefficient (Wildman–Crippen LogP) is 2.68. The van der Waals surface area contributed by atoms with Gasteiger partial charge in [-0.3, -0.25) is 0 Å². The summed E-state index contributed by atoms with van der Waals surface area (Å²) in [5.74, 6) is -0.195. The first kappa shape index (κ1) is 12.5. The lowest BCUT2D eigenvalue weighted by molar-refractivity contribution is -0.149. The second-order valence-electron chi connectivity index (χ2n) is 4.37. The molecule has 0 aromatic carbocycles. The summed E-state index contributed by atoms with van der Waals surface area (Å²) in [6.45, 7) is 8.50. The van der Waals surface area contributed by atoms with Crippen LogP contribution >= 0.6 is 0 Å². The fraction of sp³-hybridized carbons (Fsp3) is 0.917. The third-order valence-electron chi connectivity index (χ3n) is 3.28. The molecule has 2 atom stereocenters. The monoisotopic (exact) mass is 214 g/mol. The van der Waals surface area contributed by atoms with Crippen LogP contribution in [0, 0.1) is 0 Å². The first-order valence-corrected chi connectivity index (χ1v) is 5.93. The zero-order chi connectivity index (χ0) is 11.5. The van der Waals surface area contributed by atoms with E-state index in [1.807, 2.05) is 13.8 Å². The Morgan fingerprint density at radius 1 is 1.27 bits per heavy atom. The second-order valence-corrected chi connectivity index (χ2v) is 4.37. The van der Waals surface area contributed by atoms with Crippen molar-refractivity contribution in [2.75, 3.05) is 6.61 Å². The van der Waals surface area contributed by atoms with E-state index in [0.717, 1.165) is 25.7 Å². The highest BCUT2D eigenvalue weighted by atomic mass is 16.7. The van der Waals surface area contributed by atoms with Gasteiger partial charge in [0.05, 0.1) is 6.61 Å². The number of carbonyl (C=O) groups excluding carboxylic acids is 1. The van der Waals surface area contributed by atoms with E-state index < -0.39 is 5.60 Å². The molecule has 1 aliphatic rings. The minimum absolute atomic E-state index is 0.195. The highest BCUT2D eigenvalue weighted by Gasteiger charge is 2.70. The van der Waals surface area contributed by atoms with Crippen LogP contribution in [0.25, 0.3) is 0 Å². The largest absolute Gasteiger partial charge is 0.463 e. The SMILES string of the molecule is CCCOC(=O)C1(C)OC1(CC)CCC. The maximum Gasteiger partial charge on any atom is 0.341 e. The van der Waals surface area contributed by atoms with Gasteiger partial charge in [0.1, 0.15) is 5.60 Å². The Kier molecular flexibility index (Phi) is 3.77. The minimum atomic E-state index is -0.688. The van der Waals surface area contributed by atoms with E-state index in [9.17, 15) is 4.79 Å². The minimum Gasteiger partial charge on any atom is -0.463 e. The number of ether oxygens (including phenoxy) is 2. The summed E-state index contributed by atoms with van der Waals surface area (Å²) in [5.41, 5.74) is -0.945. The molecule has 1 heterocycles. The second kappa shape index (κ2) is 4.52. The van der Waals surface area contributed by atoms with E-state index in [4.69, 9.17) is 9.47 Å². The molecule has 0 aliphatic carbocycles. The average Bonchev–Trinajstić information content (AvgIpc) is 2.83. The fourth-order valence-electron chi connectivity index (χ4n) is 2.21. The molecule has 0 aromatic heterocycles. The van der Waals surface area contributed by atoms with Crippen LogP contribution in [-0.4, -0.2) is 23.8 Å². The van der Waals surface area contributed by atoms with Crippen LogP contribution in [0.15, 0.2) is 0 Å². The lowest BCUT2D eigenvalue weighted by Gasteiger charge is -2.13. The number of hydrogen-bond donors (Lipinski definition) is 0. The topological polar surface area (TPSA) is 38.8 Å². The smallest absolute Gasteiger partial charge is 0.341 e. The van der Waals surface area contributed by atoms with E-state index in [1.165, 1.54) is 0 Å². The molecule has 3 heteroatoms. The van der Waals surface area contributed by atoms with Gasteiger partial charge in [0.25, 0.3) is 0 Å². The zero-order valence-corrected chi connectivity index (χ0v) is 10.3. The predicted molar refractivity (Wildman–Crippen MR) is 58.7 cm³/mol. The molecule has 0 spiro atoms. The maximum absolute atomic E-state index is 11.8. The Morgan fingerprint density at radius 3 is 2.40 bits per heavy atom. The molecule has 0 bridgehead atoms. The standard InChI is InChI=1S/C12H22O3/c1-5-8-12(7-3)11(4,15-12)10(13)14-9-6-2/h5-9H2,1-4H3. The van der Waals surface area contributed by atoms with Crippen LogP contribution < -0.4 is 0 Å². The molecule has 1 aliphatic heterocycles. The molecule has 3 nitrogen and oxygen atoms in total. The number of rotatable bonds is 6. The molecule has 1 rings (SSSR count). The zero-order valence-electron chi connectivity index (χ0n) is 10.3. The third kappa shape index (κ3) is 2.03. The average molecular weight is 214 g/mol. The van der Waals surface area contributed by atoms with Gasteiger partial charge < -0.3 is 9.47 Å². The normalized spacial score (nSPS) is 33.9. The summed E-state index contributed by atoms with van der Waals surface area (Å²) in [5, 5.41) is 0. The van der Waals surface area contributed by atoms with Crippen LogP contribution in [0.3, 0.4) is 0 Å². The van der Waals surface area contributed by atoms with Gasteiger partial charge in [-0.1, -0.05) is 27.2 Å². The van der Waals surface area contributed by atoms with E-state index >= 15 is 0 Å². The molecular formula is C12H22O3. The van der Waals surface area contributed by atoms with Crippen LogP contribution in [0.4, 0.5) is 0 Å². The Balaban J connectivity index is 2.58. The van der Waals surface area contributed by atoms with Crippen molar-refractivity contribution < 1.29 is 14.3 Å². The van der Waals surface area contributed by atoms with E-state index in [1.54, 1.807) is 0 Å².